The van der Waals surface area contributed by atoms with Crippen LogP contribution in [0.2, 0.25) is 0 Å². The van der Waals surface area contributed by atoms with Crippen molar-refractivity contribution in [2.75, 3.05) is 7.11 Å². The molecule has 0 aliphatic rings. The van der Waals surface area contributed by atoms with E-state index in [2.05, 4.69) is 5.32 Å². The minimum atomic E-state index is -1.05. The molecule has 3 atom stereocenters. The second kappa shape index (κ2) is 7.24. The topological polar surface area (TPSA) is 102 Å². The Hall–Kier alpha value is -1.14. The Morgan fingerprint density at radius 1 is 1.35 bits per heavy atom. The minimum absolute atomic E-state index is 0.174. The van der Waals surface area contributed by atoms with Gasteiger partial charge in [0.25, 0.3) is 0 Å². The van der Waals surface area contributed by atoms with Crippen molar-refractivity contribution in [3.63, 3.8) is 0 Å². The van der Waals surface area contributed by atoms with Crippen LogP contribution in [0.15, 0.2) is 0 Å². The quantitative estimate of drug-likeness (QED) is 0.585. The summed E-state index contributed by atoms with van der Waals surface area (Å²) in [6, 6.07) is -1.77. The van der Waals surface area contributed by atoms with E-state index >= 15 is 0 Å². The van der Waals surface area contributed by atoms with Gasteiger partial charge in [0.1, 0.15) is 12.1 Å². The van der Waals surface area contributed by atoms with Crippen LogP contribution in [0.4, 0.5) is 0 Å². The lowest BCUT2D eigenvalue weighted by Gasteiger charge is -2.21. The van der Waals surface area contributed by atoms with Crippen LogP contribution in [-0.4, -0.2) is 42.3 Å². The maximum atomic E-state index is 11.7. The first kappa shape index (κ1) is 15.9. The lowest BCUT2D eigenvalue weighted by molar-refractivity contribution is -0.143. The van der Waals surface area contributed by atoms with Gasteiger partial charge in [-0.15, -0.1) is 0 Å². The van der Waals surface area contributed by atoms with Crippen LogP contribution < -0.4 is 11.1 Å². The third-order valence-corrected chi connectivity index (χ3v) is 2.50. The molecule has 0 aromatic heterocycles. The monoisotopic (exact) mass is 246 g/mol. The molecule has 0 bridgehead atoms. The molecule has 0 saturated carbocycles. The average molecular weight is 246 g/mol. The Kier molecular flexibility index (Phi) is 6.75. The highest BCUT2D eigenvalue weighted by Gasteiger charge is 2.26. The van der Waals surface area contributed by atoms with Crippen LogP contribution >= 0.6 is 0 Å². The van der Waals surface area contributed by atoms with Crippen LogP contribution in [0.3, 0.4) is 0 Å². The minimum Gasteiger partial charge on any atom is -0.480 e. The third kappa shape index (κ3) is 5.65. The molecule has 100 valence electrons. The zero-order valence-electron chi connectivity index (χ0n) is 10.8. The van der Waals surface area contributed by atoms with Gasteiger partial charge in [0.05, 0.1) is 6.10 Å². The first-order valence-electron chi connectivity index (χ1n) is 5.61. The SMILES string of the molecule is COC(C)[C@H](N)C(=O)N[C@@H](CC(C)C)C(=O)O. The van der Waals surface area contributed by atoms with E-state index < -0.39 is 30.1 Å². The second-order valence-corrected chi connectivity index (χ2v) is 4.50. The summed E-state index contributed by atoms with van der Waals surface area (Å²) in [6.45, 7) is 5.43. The molecule has 0 saturated heterocycles. The number of carboxylic acid groups (broad SMARTS) is 1. The Balaban J connectivity index is 4.45. The van der Waals surface area contributed by atoms with E-state index in [4.69, 9.17) is 15.6 Å². The van der Waals surface area contributed by atoms with Gasteiger partial charge in [-0.2, -0.15) is 0 Å². The number of hydrogen-bond donors (Lipinski definition) is 3. The molecule has 0 aliphatic carbocycles. The Morgan fingerprint density at radius 2 is 1.88 bits per heavy atom. The number of carbonyl (C=O) groups excluding carboxylic acids is 1. The van der Waals surface area contributed by atoms with Crippen molar-refractivity contribution in [1.29, 1.82) is 0 Å². The first-order valence-corrected chi connectivity index (χ1v) is 5.61. The van der Waals surface area contributed by atoms with Crippen molar-refractivity contribution in [2.24, 2.45) is 11.7 Å². The maximum absolute atomic E-state index is 11.7. The van der Waals surface area contributed by atoms with Crippen molar-refractivity contribution in [2.45, 2.75) is 45.4 Å². The van der Waals surface area contributed by atoms with Gasteiger partial charge in [-0.3, -0.25) is 4.79 Å². The second-order valence-electron chi connectivity index (χ2n) is 4.50. The molecule has 0 aromatic rings. The Labute approximate surface area is 102 Å². The van der Waals surface area contributed by atoms with Crippen molar-refractivity contribution in [3.8, 4) is 0 Å². The normalized spacial score (nSPS) is 16.4. The molecule has 0 fully saturated rings. The van der Waals surface area contributed by atoms with Gasteiger partial charge in [-0.05, 0) is 19.3 Å². The molecule has 1 amide bonds. The van der Waals surface area contributed by atoms with Crippen molar-refractivity contribution >= 4 is 11.9 Å². The van der Waals surface area contributed by atoms with Crippen LogP contribution in [0.25, 0.3) is 0 Å². The zero-order chi connectivity index (χ0) is 13.6. The van der Waals surface area contributed by atoms with Crippen LogP contribution in [-0.2, 0) is 14.3 Å². The fourth-order valence-corrected chi connectivity index (χ4v) is 1.32. The Bertz CT molecular complexity index is 268. The van der Waals surface area contributed by atoms with E-state index in [0.717, 1.165) is 0 Å². The maximum Gasteiger partial charge on any atom is 0.326 e. The summed E-state index contributed by atoms with van der Waals surface area (Å²) in [4.78, 5) is 22.6. The van der Waals surface area contributed by atoms with Gasteiger partial charge in [-0.25, -0.2) is 4.79 Å². The highest BCUT2D eigenvalue weighted by molar-refractivity contribution is 5.87. The standard InChI is InChI=1S/C11H22N2O4/c1-6(2)5-8(11(15)16)13-10(14)9(12)7(3)17-4/h6-9H,5,12H2,1-4H3,(H,13,14)(H,15,16)/t7?,8-,9-/m0/s1. The molecule has 0 aromatic carbocycles. The predicted molar refractivity (Wildman–Crippen MR) is 63.5 cm³/mol. The van der Waals surface area contributed by atoms with Crippen molar-refractivity contribution < 1.29 is 19.4 Å². The number of aliphatic carboxylic acids is 1. The van der Waals surface area contributed by atoms with Crippen molar-refractivity contribution in [1.82, 2.24) is 5.32 Å². The molecule has 0 radical (unpaired) electrons. The van der Waals surface area contributed by atoms with E-state index in [9.17, 15) is 9.59 Å². The van der Waals surface area contributed by atoms with E-state index in [1.54, 1.807) is 6.92 Å². The number of carboxylic acids is 1. The molecule has 0 rings (SSSR count). The largest absolute Gasteiger partial charge is 0.480 e. The van der Waals surface area contributed by atoms with Crippen LogP contribution in [0.5, 0.6) is 0 Å². The third-order valence-electron chi connectivity index (χ3n) is 2.50. The smallest absolute Gasteiger partial charge is 0.326 e. The number of rotatable bonds is 7. The van der Waals surface area contributed by atoms with Gasteiger partial charge in [0.15, 0.2) is 0 Å². The fraction of sp³-hybridized carbons (Fsp3) is 0.818. The number of ether oxygens (including phenoxy) is 1. The molecule has 17 heavy (non-hydrogen) atoms. The summed E-state index contributed by atoms with van der Waals surface area (Å²) < 4.78 is 4.92. The molecular formula is C11H22N2O4. The van der Waals surface area contributed by atoms with E-state index in [1.165, 1.54) is 7.11 Å². The van der Waals surface area contributed by atoms with Gasteiger partial charge in [-0.1, -0.05) is 13.8 Å². The van der Waals surface area contributed by atoms with E-state index in [0.29, 0.717) is 6.42 Å². The van der Waals surface area contributed by atoms with Gasteiger partial charge in [0, 0.05) is 7.11 Å². The number of amides is 1. The number of hydrogen-bond acceptors (Lipinski definition) is 4. The van der Waals surface area contributed by atoms with E-state index in [-0.39, 0.29) is 5.92 Å². The number of nitrogens with one attached hydrogen (secondary N) is 1. The lowest BCUT2D eigenvalue weighted by Crippen LogP contribution is -2.52. The first-order chi connectivity index (χ1) is 7.79. The average Bonchev–Trinajstić information content (AvgIpc) is 2.25. The van der Waals surface area contributed by atoms with Crippen molar-refractivity contribution in [3.05, 3.63) is 0 Å². The highest BCUT2D eigenvalue weighted by atomic mass is 16.5. The van der Waals surface area contributed by atoms with Gasteiger partial charge in [0.2, 0.25) is 5.91 Å². The number of methoxy groups -OCH3 is 1. The molecule has 1 unspecified atom stereocenters. The predicted octanol–water partition coefficient (Wildman–Crippen LogP) is -0.0359. The van der Waals surface area contributed by atoms with Gasteiger partial charge < -0.3 is 20.9 Å². The number of nitrogens with two attached hydrogens (primary N) is 1. The Morgan fingerprint density at radius 3 is 2.24 bits per heavy atom. The molecule has 0 spiro atoms. The summed E-state index contributed by atoms with van der Waals surface area (Å²) in [6.07, 6.45) is -0.0849. The lowest BCUT2D eigenvalue weighted by atomic mass is 10.0. The number of carbonyl (C=O) groups is 2. The molecule has 4 N–H and O–H groups in total. The van der Waals surface area contributed by atoms with E-state index in [1.807, 2.05) is 13.8 Å². The molecule has 0 heterocycles. The molecular weight excluding hydrogens is 224 g/mol. The summed E-state index contributed by atoms with van der Waals surface area (Å²) in [7, 11) is 1.45. The summed E-state index contributed by atoms with van der Waals surface area (Å²) in [5.74, 6) is -1.39. The summed E-state index contributed by atoms with van der Waals surface area (Å²) in [5, 5.41) is 11.4. The zero-order valence-corrected chi connectivity index (χ0v) is 10.8. The van der Waals surface area contributed by atoms with Crippen LogP contribution in [0.1, 0.15) is 27.2 Å². The molecule has 6 heteroatoms. The van der Waals surface area contributed by atoms with Crippen LogP contribution in [0, 0.1) is 5.92 Å². The summed E-state index contributed by atoms with van der Waals surface area (Å²) in [5.41, 5.74) is 5.62. The molecule has 0 aliphatic heterocycles. The highest BCUT2D eigenvalue weighted by Crippen LogP contribution is 2.05. The fourth-order valence-electron chi connectivity index (χ4n) is 1.32. The summed E-state index contributed by atoms with van der Waals surface area (Å²) >= 11 is 0. The molecule has 6 nitrogen and oxygen atoms in total. The van der Waals surface area contributed by atoms with Gasteiger partial charge >= 0.3 is 5.97 Å².